The highest BCUT2D eigenvalue weighted by Crippen LogP contribution is 2.39. The van der Waals surface area contributed by atoms with Crippen LogP contribution in [0.3, 0.4) is 0 Å². The van der Waals surface area contributed by atoms with Gasteiger partial charge in [0.25, 0.3) is 6.26 Å². The topological polar surface area (TPSA) is 136 Å². The molecular weight excluding hydrogens is 372 g/mol. The number of ether oxygens (including phenoxy) is 1. The third-order valence-electron chi connectivity index (χ3n) is 4.24. The number of nitrogens with zero attached hydrogens (tertiary/aromatic N) is 4. The van der Waals surface area contributed by atoms with Crippen molar-refractivity contribution in [2.24, 2.45) is 5.11 Å². The minimum atomic E-state index is -0.777. The second-order valence-corrected chi connectivity index (χ2v) is 6.71. The standard InChI is InChI=1S/C20H20N4O3.CH2O/c1-11(2)16-7-13(8-17(12(3)4)19(16)25)15-6-5-14(27-10-21)9-18(15)20(26)23-24-22;1-2/h5-9,11-12,25H,1-4H3;1H2. The molecule has 0 bridgehead atoms. The molecule has 0 heterocycles. The molecule has 150 valence electrons. The summed E-state index contributed by atoms with van der Waals surface area (Å²) >= 11 is 0. The Morgan fingerprint density at radius 1 is 1.17 bits per heavy atom. The highest BCUT2D eigenvalue weighted by Gasteiger charge is 2.19. The Morgan fingerprint density at radius 2 is 1.72 bits per heavy atom. The van der Waals surface area contributed by atoms with Crippen molar-refractivity contribution in [1.82, 2.24) is 0 Å². The third-order valence-corrected chi connectivity index (χ3v) is 4.24. The van der Waals surface area contributed by atoms with Crippen LogP contribution in [-0.4, -0.2) is 17.8 Å². The fourth-order valence-electron chi connectivity index (χ4n) is 2.88. The molecule has 1 N–H and O–H groups in total. The van der Waals surface area contributed by atoms with Crippen LogP contribution in [0.25, 0.3) is 21.6 Å². The molecule has 0 saturated carbocycles. The number of hydrogen-bond acceptors (Lipinski definition) is 5. The van der Waals surface area contributed by atoms with E-state index in [1.807, 2.05) is 46.6 Å². The average Bonchev–Trinajstić information content (AvgIpc) is 2.69. The molecule has 0 unspecified atom stereocenters. The monoisotopic (exact) mass is 394 g/mol. The number of carbonyl (C=O) groups excluding carboxylic acids is 2. The van der Waals surface area contributed by atoms with Crippen LogP contribution in [0.2, 0.25) is 0 Å². The predicted molar refractivity (Wildman–Crippen MR) is 109 cm³/mol. The van der Waals surface area contributed by atoms with Gasteiger partial charge in [0.15, 0.2) is 0 Å². The summed E-state index contributed by atoms with van der Waals surface area (Å²) in [6.45, 7) is 9.88. The molecular formula is C21H22N4O4. The summed E-state index contributed by atoms with van der Waals surface area (Å²) < 4.78 is 4.79. The summed E-state index contributed by atoms with van der Waals surface area (Å²) in [5.41, 5.74) is 11.5. The SMILES string of the molecule is C=O.CC(C)c1cc(-c2ccc(OC#N)cc2C(=O)N=[N+]=[N-])cc(C(C)C)c1O. The molecule has 0 aliphatic rings. The molecule has 0 aliphatic carbocycles. The Hall–Kier alpha value is -3.82. The smallest absolute Gasteiger partial charge is 0.292 e. The van der Waals surface area contributed by atoms with Crippen molar-refractivity contribution in [3.05, 3.63) is 57.5 Å². The Kier molecular flexibility index (Phi) is 8.41. The van der Waals surface area contributed by atoms with Gasteiger partial charge >= 0.3 is 0 Å². The summed E-state index contributed by atoms with van der Waals surface area (Å²) in [7, 11) is 0. The molecule has 8 nitrogen and oxygen atoms in total. The number of benzene rings is 2. The minimum Gasteiger partial charge on any atom is -0.507 e. The molecule has 8 heteroatoms. The van der Waals surface area contributed by atoms with Crippen molar-refractivity contribution in [1.29, 1.82) is 5.26 Å². The molecule has 0 saturated heterocycles. The molecule has 2 aromatic rings. The molecule has 29 heavy (non-hydrogen) atoms. The minimum absolute atomic E-state index is 0.0694. The van der Waals surface area contributed by atoms with Crippen LogP contribution >= 0.6 is 0 Å². The van der Waals surface area contributed by atoms with E-state index in [0.717, 1.165) is 11.1 Å². The van der Waals surface area contributed by atoms with E-state index in [0.29, 0.717) is 11.1 Å². The maximum Gasteiger partial charge on any atom is 0.292 e. The normalized spacial score (nSPS) is 9.83. The van der Waals surface area contributed by atoms with E-state index in [2.05, 4.69) is 10.0 Å². The number of carbonyl (C=O) groups is 2. The largest absolute Gasteiger partial charge is 0.507 e. The second-order valence-electron chi connectivity index (χ2n) is 6.71. The van der Waals surface area contributed by atoms with Crippen LogP contribution in [0.5, 0.6) is 11.5 Å². The van der Waals surface area contributed by atoms with Crippen LogP contribution in [0, 0.1) is 11.5 Å². The fourth-order valence-corrected chi connectivity index (χ4v) is 2.88. The molecule has 2 aromatic carbocycles. The lowest BCUT2D eigenvalue weighted by molar-refractivity contribution is -0.0980. The quantitative estimate of drug-likeness (QED) is 0.312. The lowest BCUT2D eigenvalue weighted by Gasteiger charge is -2.18. The zero-order valence-corrected chi connectivity index (χ0v) is 16.7. The van der Waals surface area contributed by atoms with Gasteiger partial charge in [-0.05, 0) is 75.1 Å². The Labute approximate surface area is 169 Å². The van der Waals surface area contributed by atoms with Crippen LogP contribution in [0.15, 0.2) is 35.4 Å². The van der Waals surface area contributed by atoms with Crippen LogP contribution < -0.4 is 4.74 Å². The lowest BCUT2D eigenvalue weighted by Crippen LogP contribution is -2.01. The lowest BCUT2D eigenvalue weighted by atomic mass is 9.88. The van der Waals surface area contributed by atoms with Gasteiger partial charge in [0, 0.05) is 10.5 Å². The van der Waals surface area contributed by atoms with Crippen molar-refractivity contribution < 1.29 is 19.4 Å². The maximum atomic E-state index is 12.3. The summed E-state index contributed by atoms with van der Waals surface area (Å²) in [6.07, 6.45) is 1.55. The third kappa shape index (κ3) is 5.34. The highest BCUT2D eigenvalue weighted by atomic mass is 16.5. The van der Waals surface area contributed by atoms with Gasteiger partial charge in [-0.25, -0.2) is 0 Å². The first-order valence-corrected chi connectivity index (χ1v) is 8.75. The van der Waals surface area contributed by atoms with Gasteiger partial charge in [-0.15, -0.1) is 5.26 Å². The number of rotatable bonds is 5. The van der Waals surface area contributed by atoms with Crippen molar-refractivity contribution in [3.8, 4) is 28.9 Å². The zero-order chi connectivity index (χ0) is 22.1. The predicted octanol–water partition coefficient (Wildman–Crippen LogP) is 5.43. The average molecular weight is 394 g/mol. The van der Waals surface area contributed by atoms with Crippen molar-refractivity contribution >= 4 is 12.7 Å². The van der Waals surface area contributed by atoms with Gasteiger partial charge in [0.05, 0.1) is 0 Å². The summed E-state index contributed by atoms with van der Waals surface area (Å²) in [6, 6.07) is 8.19. The molecule has 0 fully saturated rings. The fraction of sp³-hybridized carbons (Fsp3) is 0.286. The van der Waals surface area contributed by atoms with Gasteiger partial charge in [0.2, 0.25) is 5.91 Å². The molecule has 0 aliphatic heterocycles. The van der Waals surface area contributed by atoms with E-state index >= 15 is 0 Å². The number of phenols is 1. The van der Waals surface area contributed by atoms with E-state index in [-0.39, 0.29) is 28.9 Å². The molecule has 1 amide bonds. The number of nitriles is 1. The van der Waals surface area contributed by atoms with E-state index in [1.54, 1.807) is 18.4 Å². The number of aromatic hydroxyl groups is 1. The summed E-state index contributed by atoms with van der Waals surface area (Å²) in [5.74, 6) is -0.221. The molecule has 2 rings (SSSR count). The van der Waals surface area contributed by atoms with Gasteiger partial charge in [-0.3, -0.25) is 4.79 Å². The van der Waals surface area contributed by atoms with E-state index < -0.39 is 5.91 Å². The van der Waals surface area contributed by atoms with Crippen molar-refractivity contribution in [2.45, 2.75) is 39.5 Å². The van der Waals surface area contributed by atoms with E-state index in [9.17, 15) is 9.90 Å². The Bertz CT molecular complexity index is 958. The van der Waals surface area contributed by atoms with Gasteiger partial charge in [0.1, 0.15) is 18.3 Å². The summed E-state index contributed by atoms with van der Waals surface area (Å²) in [5, 5.41) is 22.5. The first-order chi connectivity index (χ1) is 13.8. The van der Waals surface area contributed by atoms with Crippen LogP contribution in [0.1, 0.15) is 61.0 Å². The van der Waals surface area contributed by atoms with E-state index in [4.69, 9.17) is 20.3 Å². The van der Waals surface area contributed by atoms with E-state index in [1.165, 1.54) is 6.07 Å². The second kappa shape index (κ2) is 10.5. The highest BCUT2D eigenvalue weighted by molar-refractivity contribution is 6.02. The van der Waals surface area contributed by atoms with Crippen molar-refractivity contribution in [2.75, 3.05) is 0 Å². The first kappa shape index (κ1) is 23.2. The number of phenolic OH excluding ortho intramolecular Hbond substituents is 1. The maximum absolute atomic E-state index is 12.3. The number of hydrogen-bond donors (Lipinski definition) is 1. The van der Waals surface area contributed by atoms with Gasteiger partial charge in [-0.2, -0.15) is 0 Å². The molecule has 0 spiro atoms. The first-order valence-electron chi connectivity index (χ1n) is 8.75. The Morgan fingerprint density at radius 3 is 2.17 bits per heavy atom. The van der Waals surface area contributed by atoms with Gasteiger partial charge < -0.3 is 14.6 Å². The number of amides is 1. The van der Waals surface area contributed by atoms with Crippen LogP contribution in [-0.2, 0) is 4.79 Å². The van der Waals surface area contributed by atoms with Crippen molar-refractivity contribution in [3.63, 3.8) is 0 Å². The molecule has 0 atom stereocenters. The number of azide groups is 1. The molecule has 0 aromatic heterocycles. The zero-order valence-electron chi connectivity index (χ0n) is 16.7. The van der Waals surface area contributed by atoms with Gasteiger partial charge in [-0.1, -0.05) is 27.7 Å². The Balaban J connectivity index is 0.00000204. The molecule has 0 radical (unpaired) electrons. The summed E-state index contributed by atoms with van der Waals surface area (Å²) in [4.78, 5) is 22.8. The van der Waals surface area contributed by atoms with Crippen LogP contribution in [0.4, 0.5) is 0 Å².